The van der Waals surface area contributed by atoms with E-state index in [4.69, 9.17) is 18.0 Å². The van der Waals surface area contributed by atoms with E-state index in [2.05, 4.69) is 0 Å². The maximum absolute atomic E-state index is 5.27. The second-order valence-corrected chi connectivity index (χ2v) is 3.86. The van der Waals surface area contributed by atoms with Gasteiger partial charge < -0.3 is 18.0 Å². The number of hydrogen-bond donors (Lipinski definition) is 0. The lowest BCUT2D eigenvalue weighted by Crippen LogP contribution is -2.24. The van der Waals surface area contributed by atoms with Crippen LogP contribution in [0.3, 0.4) is 0 Å². The highest BCUT2D eigenvalue weighted by atomic mass is 28.3. The molecule has 1 unspecified atom stereocenters. The van der Waals surface area contributed by atoms with Crippen molar-refractivity contribution in [3.05, 3.63) is 0 Å². The fraction of sp³-hybridized carbons (Fsp3) is 1.00. The van der Waals surface area contributed by atoms with Crippen LogP contribution in [0.5, 0.6) is 0 Å². The van der Waals surface area contributed by atoms with E-state index in [9.17, 15) is 0 Å². The summed E-state index contributed by atoms with van der Waals surface area (Å²) in [6, 6.07) is 0. The SMILES string of the molecule is CO[Si](OC)OCCC1CO1. The zero-order chi connectivity index (χ0) is 8.10. The van der Waals surface area contributed by atoms with Gasteiger partial charge in [-0.2, -0.15) is 0 Å². The van der Waals surface area contributed by atoms with Gasteiger partial charge in [-0.05, 0) is 6.42 Å². The van der Waals surface area contributed by atoms with Gasteiger partial charge in [0.1, 0.15) is 0 Å². The Labute approximate surface area is 68.4 Å². The predicted molar refractivity (Wildman–Crippen MR) is 40.1 cm³/mol. The third-order valence-corrected chi connectivity index (χ3v) is 2.50. The summed E-state index contributed by atoms with van der Waals surface area (Å²) in [5.74, 6) is 0. The van der Waals surface area contributed by atoms with E-state index < -0.39 is 9.53 Å². The number of rotatable bonds is 6. The lowest BCUT2D eigenvalue weighted by Gasteiger charge is -2.07. The van der Waals surface area contributed by atoms with Crippen molar-refractivity contribution >= 4 is 9.53 Å². The van der Waals surface area contributed by atoms with Crippen molar-refractivity contribution in [2.45, 2.75) is 12.5 Å². The van der Waals surface area contributed by atoms with Crippen LogP contribution in [0.2, 0.25) is 0 Å². The number of epoxide rings is 1. The lowest BCUT2D eigenvalue weighted by atomic mass is 10.4. The molecule has 1 atom stereocenters. The summed E-state index contributed by atoms with van der Waals surface area (Å²) in [5, 5.41) is 0. The van der Waals surface area contributed by atoms with Crippen molar-refractivity contribution in [1.82, 2.24) is 0 Å². The highest BCUT2D eigenvalue weighted by Crippen LogP contribution is 2.12. The van der Waals surface area contributed by atoms with Crippen LogP contribution in [0.15, 0.2) is 0 Å². The highest BCUT2D eigenvalue weighted by Gasteiger charge is 2.23. The third-order valence-electron chi connectivity index (χ3n) is 1.40. The molecule has 1 rings (SSSR count). The summed E-state index contributed by atoms with van der Waals surface area (Å²) in [4.78, 5) is 0. The molecule has 1 aliphatic rings. The molecule has 0 aromatic rings. The van der Waals surface area contributed by atoms with E-state index >= 15 is 0 Å². The topological polar surface area (TPSA) is 40.2 Å². The van der Waals surface area contributed by atoms with Crippen molar-refractivity contribution in [3.8, 4) is 0 Å². The molecule has 0 aliphatic carbocycles. The molecule has 11 heavy (non-hydrogen) atoms. The Hall–Kier alpha value is 0.0569. The van der Waals surface area contributed by atoms with E-state index in [0.29, 0.717) is 12.7 Å². The summed E-state index contributed by atoms with van der Waals surface area (Å²) < 4.78 is 20.1. The maximum atomic E-state index is 5.27. The van der Waals surface area contributed by atoms with Crippen LogP contribution in [0, 0.1) is 0 Å². The summed E-state index contributed by atoms with van der Waals surface area (Å²) in [5.41, 5.74) is 0. The van der Waals surface area contributed by atoms with Crippen molar-refractivity contribution in [2.75, 3.05) is 27.4 Å². The lowest BCUT2D eigenvalue weighted by molar-refractivity contribution is 0.131. The van der Waals surface area contributed by atoms with E-state index in [0.717, 1.165) is 13.0 Å². The van der Waals surface area contributed by atoms with E-state index in [-0.39, 0.29) is 0 Å². The Kier molecular flexibility index (Phi) is 4.02. The Morgan fingerprint density at radius 3 is 2.55 bits per heavy atom. The first kappa shape index (κ1) is 9.15. The molecule has 1 aliphatic heterocycles. The molecular formula is C6H13O4Si. The quantitative estimate of drug-likeness (QED) is 0.425. The Morgan fingerprint density at radius 2 is 2.09 bits per heavy atom. The van der Waals surface area contributed by atoms with Gasteiger partial charge in [-0.3, -0.25) is 0 Å². The van der Waals surface area contributed by atoms with Crippen molar-refractivity contribution < 1.29 is 18.0 Å². The first-order chi connectivity index (χ1) is 5.36. The van der Waals surface area contributed by atoms with Gasteiger partial charge in [0.15, 0.2) is 0 Å². The second-order valence-electron chi connectivity index (χ2n) is 2.25. The van der Waals surface area contributed by atoms with Gasteiger partial charge in [0.05, 0.1) is 12.7 Å². The molecule has 0 bridgehead atoms. The molecule has 1 fully saturated rings. The van der Waals surface area contributed by atoms with E-state index in [1.54, 1.807) is 14.2 Å². The van der Waals surface area contributed by atoms with Crippen molar-refractivity contribution in [1.29, 1.82) is 0 Å². The van der Waals surface area contributed by atoms with Gasteiger partial charge in [-0.15, -0.1) is 0 Å². The van der Waals surface area contributed by atoms with E-state index in [1.165, 1.54) is 0 Å². The van der Waals surface area contributed by atoms with Gasteiger partial charge >= 0.3 is 9.53 Å². The van der Waals surface area contributed by atoms with Gasteiger partial charge in [0, 0.05) is 20.8 Å². The Bertz CT molecular complexity index is 103. The van der Waals surface area contributed by atoms with Crippen LogP contribution in [0.1, 0.15) is 6.42 Å². The largest absolute Gasteiger partial charge is 0.577 e. The first-order valence-electron chi connectivity index (χ1n) is 3.56. The fourth-order valence-electron chi connectivity index (χ4n) is 0.710. The molecule has 0 aromatic heterocycles. The molecule has 1 heterocycles. The van der Waals surface area contributed by atoms with Crippen LogP contribution >= 0.6 is 0 Å². The van der Waals surface area contributed by atoms with Crippen LogP contribution < -0.4 is 0 Å². The van der Waals surface area contributed by atoms with Crippen LogP contribution in [-0.4, -0.2) is 43.1 Å². The molecule has 5 heteroatoms. The molecule has 4 nitrogen and oxygen atoms in total. The minimum atomic E-state index is -1.45. The van der Waals surface area contributed by atoms with E-state index in [1.807, 2.05) is 0 Å². The molecule has 1 saturated heterocycles. The monoisotopic (exact) mass is 177 g/mol. The minimum Gasteiger partial charge on any atom is -0.375 e. The van der Waals surface area contributed by atoms with Crippen LogP contribution in [0.25, 0.3) is 0 Å². The Morgan fingerprint density at radius 1 is 1.45 bits per heavy atom. The molecule has 0 saturated carbocycles. The van der Waals surface area contributed by atoms with Gasteiger partial charge in [0.2, 0.25) is 0 Å². The van der Waals surface area contributed by atoms with Gasteiger partial charge in [-0.1, -0.05) is 0 Å². The Balaban J connectivity index is 1.90. The third kappa shape index (κ3) is 3.83. The number of hydrogen-bond acceptors (Lipinski definition) is 4. The summed E-state index contributed by atoms with van der Waals surface area (Å²) >= 11 is 0. The molecule has 0 amide bonds. The fourth-order valence-corrected chi connectivity index (χ4v) is 1.40. The molecular weight excluding hydrogens is 164 g/mol. The molecule has 1 radical (unpaired) electrons. The van der Waals surface area contributed by atoms with Gasteiger partial charge in [0.25, 0.3) is 0 Å². The maximum Gasteiger partial charge on any atom is 0.577 e. The average molecular weight is 177 g/mol. The summed E-state index contributed by atoms with van der Waals surface area (Å²) in [6.45, 7) is 1.55. The number of ether oxygens (including phenoxy) is 1. The zero-order valence-electron chi connectivity index (χ0n) is 6.83. The van der Waals surface area contributed by atoms with Crippen molar-refractivity contribution in [3.63, 3.8) is 0 Å². The minimum absolute atomic E-state index is 0.423. The molecule has 65 valence electrons. The highest BCUT2D eigenvalue weighted by molar-refractivity contribution is 6.36. The molecule has 0 aromatic carbocycles. The first-order valence-corrected chi connectivity index (χ1v) is 4.78. The average Bonchev–Trinajstić information content (AvgIpc) is 2.82. The molecule has 0 spiro atoms. The standard InChI is InChI=1S/C6H13O4Si/c1-7-11(8-2)10-4-3-6-5-9-6/h6H,3-5H2,1-2H3. The predicted octanol–water partition coefficient (Wildman–Crippen LogP) is 0.0696. The van der Waals surface area contributed by atoms with Crippen LogP contribution in [0.4, 0.5) is 0 Å². The van der Waals surface area contributed by atoms with Crippen LogP contribution in [-0.2, 0) is 18.0 Å². The normalized spacial score (nSPS) is 22.6. The smallest absolute Gasteiger partial charge is 0.375 e. The second kappa shape index (κ2) is 4.84. The zero-order valence-corrected chi connectivity index (χ0v) is 7.83. The summed E-state index contributed by atoms with van der Waals surface area (Å²) in [6.07, 6.45) is 1.37. The van der Waals surface area contributed by atoms with Crippen molar-refractivity contribution in [2.24, 2.45) is 0 Å². The summed E-state index contributed by atoms with van der Waals surface area (Å²) in [7, 11) is 1.73. The molecule has 0 N–H and O–H groups in total. The van der Waals surface area contributed by atoms with Gasteiger partial charge in [-0.25, -0.2) is 0 Å².